The van der Waals surface area contributed by atoms with E-state index < -0.39 is 41.8 Å². The van der Waals surface area contributed by atoms with Crippen molar-refractivity contribution in [2.24, 2.45) is 0 Å². The maximum Gasteiger partial charge on any atom is 3.00 e. The molecule has 0 rings (SSSR count). The van der Waals surface area contributed by atoms with Gasteiger partial charge in [-0.25, -0.2) is 0 Å². The van der Waals surface area contributed by atoms with Crippen LogP contribution >= 0.6 is 0 Å². The topological polar surface area (TPSA) is 408 Å². The van der Waals surface area contributed by atoms with E-state index >= 15 is 0 Å². The van der Waals surface area contributed by atoms with Crippen LogP contribution in [0.2, 0.25) is 0 Å². The first-order valence-electron chi connectivity index (χ1n) is 6.36. The molecule has 9 N–H and O–H groups in total. The monoisotopic (exact) mass is 1070 g/mol. The van der Waals surface area contributed by atoms with Gasteiger partial charge in [-0.3, -0.25) is 0 Å². The van der Waals surface area contributed by atoms with Crippen molar-refractivity contribution in [3.63, 3.8) is 0 Å². The Balaban J connectivity index is -0.0000000119. The second-order valence-corrected chi connectivity index (χ2v) is 3.44. The fraction of sp³-hybridized carbons (Fsp3) is 0.500. The van der Waals surface area contributed by atoms with Gasteiger partial charge < -0.3 is 91.2 Å². The van der Waals surface area contributed by atoms with E-state index in [1.54, 1.807) is 0 Å². The van der Waals surface area contributed by atoms with Crippen molar-refractivity contribution in [3.05, 3.63) is 0 Å². The summed E-state index contributed by atoms with van der Waals surface area (Å²) < 4.78 is 0. The zero-order chi connectivity index (χ0) is 25.0. The summed E-state index contributed by atoms with van der Waals surface area (Å²) in [7, 11) is 0. The standard InChI is InChI=1S/7C2H4O2.3Ir.3H2O.O/c7*1-2(3)4;;;;;;;/h7*1H3,(H,3,4);;;;3*1H2;/q;;;;;;;3*+3;;;;-2/p-4. The largest absolute Gasteiger partial charge is 3.00 e. The second-order valence-electron chi connectivity index (χ2n) is 3.44. The van der Waals surface area contributed by atoms with Gasteiger partial charge in [0.2, 0.25) is 0 Å². The summed E-state index contributed by atoms with van der Waals surface area (Å²) in [6, 6.07) is 0. The molecule has 21 heteroatoms. The molecule has 0 fully saturated rings. The van der Waals surface area contributed by atoms with Crippen LogP contribution in [0.4, 0.5) is 0 Å². The van der Waals surface area contributed by atoms with Gasteiger partial charge >= 0.3 is 60.3 Å². The van der Waals surface area contributed by atoms with Crippen LogP contribution in [0.5, 0.6) is 0 Å². The molecule has 18 nitrogen and oxygen atoms in total. The molecular formula is C14H30Ir3O18+3. The maximum atomic E-state index is 8.89. The van der Waals surface area contributed by atoms with Gasteiger partial charge in [0.1, 0.15) is 0 Å². The third-order valence-corrected chi connectivity index (χ3v) is 0. The molecule has 0 aromatic carbocycles. The number of carboxylic acids is 7. The molecule has 0 bridgehead atoms. The van der Waals surface area contributed by atoms with Crippen LogP contribution < -0.4 is 35.7 Å². The normalized spacial score (nSPS) is 5.00. The van der Waals surface area contributed by atoms with Crippen LogP contribution in [0, 0.1) is 0 Å². The molecule has 0 aromatic heterocycles. The van der Waals surface area contributed by atoms with E-state index in [0.29, 0.717) is 0 Å². The first-order valence-corrected chi connectivity index (χ1v) is 6.36. The van der Waals surface area contributed by atoms with Gasteiger partial charge in [-0.1, -0.05) is 0 Å². The molecule has 0 radical (unpaired) electrons. The van der Waals surface area contributed by atoms with Gasteiger partial charge in [0.25, 0.3) is 0 Å². The number of carbonyl (C=O) groups excluding carboxylic acids is 7. The smallest absolute Gasteiger partial charge is 2.00 e. The van der Waals surface area contributed by atoms with E-state index in [-0.39, 0.29) is 82.2 Å². The Labute approximate surface area is 241 Å². The Morgan fingerprint density at radius 1 is 0.314 bits per heavy atom. The van der Waals surface area contributed by atoms with Crippen LogP contribution in [0.1, 0.15) is 48.5 Å². The number of carbonyl (C=O) groups is 7. The summed E-state index contributed by atoms with van der Waals surface area (Å²) in [6.45, 7) is 6.81. The van der Waals surface area contributed by atoms with E-state index in [9.17, 15) is 0 Å². The van der Waals surface area contributed by atoms with Crippen molar-refractivity contribution in [1.82, 2.24) is 0 Å². The molecule has 0 aromatic rings. The average Bonchev–Trinajstić information content (AvgIpc) is 2.20. The molecular weight excluding hydrogens is 1030 g/mol. The van der Waals surface area contributed by atoms with Crippen molar-refractivity contribution in [2.45, 2.75) is 48.5 Å². The Bertz CT molecular complexity index is 325. The van der Waals surface area contributed by atoms with Gasteiger partial charge in [-0.15, -0.1) is 0 Å². The molecule has 0 aliphatic rings. The fourth-order valence-electron chi connectivity index (χ4n) is 0. The summed E-state index contributed by atoms with van der Waals surface area (Å²) in [5, 5.41) is 62.2. The minimum absolute atomic E-state index is 0. The first kappa shape index (κ1) is 93.5. The summed E-state index contributed by atoms with van der Waals surface area (Å²) in [5.41, 5.74) is 0. The predicted octanol–water partition coefficient (Wildman–Crippen LogP) is -11.6. The number of rotatable bonds is 0. The molecule has 0 saturated carbocycles. The molecule has 0 saturated heterocycles. The Kier molecular flexibility index (Phi) is 227. The van der Waals surface area contributed by atoms with Gasteiger partial charge in [-0.2, -0.15) is 0 Å². The van der Waals surface area contributed by atoms with Crippen LogP contribution in [-0.4, -0.2) is 41.8 Å². The van der Waals surface area contributed by atoms with Crippen molar-refractivity contribution >= 4 is 41.8 Å². The zero-order valence-electron chi connectivity index (χ0n) is 19.4. The molecule has 0 aliphatic carbocycles. The fourth-order valence-corrected chi connectivity index (χ4v) is 0. The third-order valence-electron chi connectivity index (χ3n) is 0. The summed E-state index contributed by atoms with van der Waals surface area (Å²) in [4.78, 5) is 62.2. The summed E-state index contributed by atoms with van der Waals surface area (Å²) >= 11 is 0. The van der Waals surface area contributed by atoms with Crippen LogP contribution in [0.15, 0.2) is 0 Å². The molecule has 0 aliphatic heterocycles. The third kappa shape index (κ3) is 7860. The quantitative estimate of drug-likeness (QED) is 0.204. The first-order chi connectivity index (χ1) is 12.1. The van der Waals surface area contributed by atoms with E-state index in [1.165, 1.54) is 0 Å². The number of hydrogen-bond donors (Lipinski definition) is 0. The van der Waals surface area contributed by atoms with Gasteiger partial charge in [-0.05, 0) is 48.5 Å². The Hall–Kier alpha value is -1.92. The van der Waals surface area contributed by atoms with E-state index in [1.807, 2.05) is 0 Å². The second kappa shape index (κ2) is 85.1. The number of carboxylic acid groups (broad SMARTS) is 7. The minimum Gasteiger partial charge on any atom is -2.00 e. The van der Waals surface area contributed by atoms with E-state index in [2.05, 4.69) is 0 Å². The van der Waals surface area contributed by atoms with Crippen molar-refractivity contribution in [3.8, 4) is 0 Å². The molecule has 0 atom stereocenters. The van der Waals surface area contributed by atoms with Gasteiger partial charge in [0.15, 0.2) is 0 Å². The summed E-state index contributed by atoms with van der Waals surface area (Å²) in [5.74, 6) is -7.58. The predicted molar refractivity (Wildman–Crippen MR) is 90.1 cm³/mol. The molecule has 0 unspecified atom stereocenters. The number of hydrogen-bond acceptors (Lipinski definition) is 14. The Morgan fingerprint density at radius 3 is 0.314 bits per heavy atom. The molecule has 0 spiro atoms. The molecule has 0 amide bonds. The Morgan fingerprint density at radius 2 is 0.314 bits per heavy atom. The number of aliphatic carboxylic acids is 7. The zero-order valence-corrected chi connectivity index (χ0v) is 26.5. The minimum atomic E-state index is -1.08. The van der Waals surface area contributed by atoms with Crippen molar-refractivity contribution in [1.29, 1.82) is 0 Å². The van der Waals surface area contributed by atoms with Gasteiger partial charge in [0.05, 0.1) is 0 Å². The maximum absolute atomic E-state index is 8.89. The van der Waals surface area contributed by atoms with Crippen LogP contribution in [0.25, 0.3) is 0 Å². The van der Waals surface area contributed by atoms with Gasteiger partial charge in [0, 0.05) is 41.8 Å². The average molecular weight is 1060 g/mol. The van der Waals surface area contributed by atoms with Crippen molar-refractivity contribution < 1.29 is 152 Å². The van der Waals surface area contributed by atoms with Crippen LogP contribution in [-0.2, 0) is 116 Å². The van der Waals surface area contributed by atoms with E-state index in [4.69, 9.17) is 69.3 Å². The molecule has 218 valence electrons. The van der Waals surface area contributed by atoms with Crippen LogP contribution in [0.3, 0.4) is 0 Å². The summed E-state index contributed by atoms with van der Waals surface area (Å²) in [6.07, 6.45) is 0. The van der Waals surface area contributed by atoms with E-state index in [0.717, 1.165) is 48.5 Å². The molecule has 35 heavy (non-hydrogen) atoms. The molecule has 0 heterocycles. The van der Waals surface area contributed by atoms with Crippen molar-refractivity contribution in [2.75, 3.05) is 0 Å². The SMILES string of the molecule is CC(=O)[O-].CC(=O)[O-].CC(=O)[O-].CC(=O)[O-].CC(=O)[O-].CC(=O)[O-].CC(=O)[O-].[Ir+3].[Ir+3].[Ir+3].[O-2].[OH3+].[OH3+].[OH3+].